The summed E-state index contributed by atoms with van der Waals surface area (Å²) < 4.78 is 9.59. The second-order valence-corrected chi connectivity index (χ2v) is 3.42. The van der Waals surface area contributed by atoms with Crippen LogP contribution in [0.25, 0.3) is 0 Å². The molecule has 88 valence electrons. The lowest BCUT2D eigenvalue weighted by molar-refractivity contribution is 0.0594. The van der Waals surface area contributed by atoms with E-state index in [0.717, 1.165) is 5.69 Å². The maximum absolute atomic E-state index is 11.2. The van der Waals surface area contributed by atoms with E-state index in [1.54, 1.807) is 25.4 Å². The van der Waals surface area contributed by atoms with Gasteiger partial charge in [-0.25, -0.2) is 9.78 Å². The number of nitrogens with zero attached hydrogens (tertiary/aromatic N) is 1. The summed E-state index contributed by atoms with van der Waals surface area (Å²) in [5.74, 6) is -0.442. The highest BCUT2D eigenvalue weighted by atomic mass is 16.5. The first kappa shape index (κ1) is 12.4. The number of anilines is 1. The molecule has 0 radical (unpaired) electrons. The third-order valence-corrected chi connectivity index (χ3v) is 1.98. The molecule has 5 heteroatoms. The van der Waals surface area contributed by atoms with Gasteiger partial charge in [-0.15, -0.1) is 0 Å². The minimum atomic E-state index is -0.442. The van der Waals surface area contributed by atoms with E-state index in [4.69, 9.17) is 4.74 Å². The molecule has 0 spiro atoms. The number of methoxy groups -OCH3 is 2. The molecular formula is C11H16N2O3. The molecule has 0 saturated carbocycles. The Balaban J connectivity index is 2.70. The van der Waals surface area contributed by atoms with Gasteiger partial charge >= 0.3 is 5.97 Å². The molecule has 16 heavy (non-hydrogen) atoms. The second-order valence-electron chi connectivity index (χ2n) is 3.42. The van der Waals surface area contributed by atoms with Crippen LogP contribution >= 0.6 is 0 Å². The number of pyridine rings is 1. The zero-order valence-electron chi connectivity index (χ0n) is 9.69. The predicted molar refractivity (Wildman–Crippen MR) is 60.5 cm³/mol. The van der Waals surface area contributed by atoms with E-state index in [0.29, 0.717) is 6.61 Å². The summed E-state index contributed by atoms with van der Waals surface area (Å²) in [5, 5.41) is 3.19. The molecule has 0 aliphatic carbocycles. The molecule has 1 heterocycles. The quantitative estimate of drug-likeness (QED) is 0.764. The highest BCUT2D eigenvalue weighted by Crippen LogP contribution is 2.10. The topological polar surface area (TPSA) is 60.5 Å². The van der Waals surface area contributed by atoms with E-state index in [2.05, 4.69) is 15.0 Å². The smallest absolute Gasteiger partial charge is 0.356 e. The average Bonchev–Trinajstić information content (AvgIpc) is 2.28. The molecule has 1 N–H and O–H groups in total. The lowest BCUT2D eigenvalue weighted by atomic mass is 10.3. The van der Waals surface area contributed by atoms with Crippen molar-refractivity contribution in [2.75, 3.05) is 26.1 Å². The molecule has 1 unspecified atom stereocenters. The van der Waals surface area contributed by atoms with E-state index in [9.17, 15) is 4.79 Å². The van der Waals surface area contributed by atoms with Crippen LogP contribution in [0.5, 0.6) is 0 Å². The van der Waals surface area contributed by atoms with E-state index >= 15 is 0 Å². The Morgan fingerprint density at radius 1 is 1.56 bits per heavy atom. The van der Waals surface area contributed by atoms with Crippen molar-refractivity contribution in [2.45, 2.75) is 13.0 Å². The van der Waals surface area contributed by atoms with Crippen LogP contribution in [0.1, 0.15) is 17.4 Å². The highest BCUT2D eigenvalue weighted by Gasteiger charge is 2.08. The van der Waals surface area contributed by atoms with Crippen LogP contribution in [-0.4, -0.2) is 37.8 Å². The fraction of sp³-hybridized carbons (Fsp3) is 0.455. The number of esters is 1. The van der Waals surface area contributed by atoms with Gasteiger partial charge in [0.1, 0.15) is 5.69 Å². The lowest BCUT2D eigenvalue weighted by Gasteiger charge is -2.14. The SMILES string of the molecule is COCC(C)Nc1ccnc(C(=O)OC)c1. The van der Waals surface area contributed by atoms with Gasteiger partial charge in [-0.2, -0.15) is 0 Å². The Morgan fingerprint density at radius 2 is 2.31 bits per heavy atom. The number of carbonyl (C=O) groups is 1. The molecule has 0 bridgehead atoms. The molecule has 5 nitrogen and oxygen atoms in total. The molecule has 0 fully saturated rings. The Bertz CT molecular complexity index is 355. The van der Waals surface area contributed by atoms with Gasteiger partial charge in [0.15, 0.2) is 0 Å². The molecule has 0 aliphatic rings. The minimum absolute atomic E-state index is 0.165. The van der Waals surface area contributed by atoms with Crippen molar-refractivity contribution in [3.63, 3.8) is 0 Å². The van der Waals surface area contributed by atoms with Crippen molar-refractivity contribution in [1.82, 2.24) is 4.98 Å². The zero-order chi connectivity index (χ0) is 12.0. The third-order valence-electron chi connectivity index (χ3n) is 1.98. The molecule has 1 aromatic heterocycles. The fourth-order valence-corrected chi connectivity index (χ4v) is 1.31. The molecule has 1 atom stereocenters. The maximum Gasteiger partial charge on any atom is 0.356 e. The van der Waals surface area contributed by atoms with Crippen LogP contribution in [0.4, 0.5) is 5.69 Å². The Morgan fingerprint density at radius 3 is 2.94 bits per heavy atom. The molecule has 1 aromatic rings. The van der Waals surface area contributed by atoms with Gasteiger partial charge in [-0.05, 0) is 19.1 Å². The van der Waals surface area contributed by atoms with Crippen molar-refractivity contribution in [2.24, 2.45) is 0 Å². The number of hydrogen-bond acceptors (Lipinski definition) is 5. The van der Waals surface area contributed by atoms with Crippen LogP contribution in [-0.2, 0) is 9.47 Å². The summed E-state index contributed by atoms with van der Waals surface area (Å²) in [5.41, 5.74) is 1.11. The predicted octanol–water partition coefficient (Wildman–Crippen LogP) is 1.31. The summed E-state index contributed by atoms with van der Waals surface area (Å²) >= 11 is 0. The van der Waals surface area contributed by atoms with Gasteiger partial charge in [-0.3, -0.25) is 0 Å². The van der Waals surface area contributed by atoms with Crippen LogP contribution in [0, 0.1) is 0 Å². The summed E-state index contributed by atoms with van der Waals surface area (Å²) in [7, 11) is 2.97. The number of hydrogen-bond donors (Lipinski definition) is 1. The molecule has 1 rings (SSSR count). The Labute approximate surface area is 94.8 Å². The molecular weight excluding hydrogens is 208 g/mol. The third kappa shape index (κ3) is 3.51. The van der Waals surface area contributed by atoms with Crippen molar-refractivity contribution in [3.05, 3.63) is 24.0 Å². The van der Waals surface area contributed by atoms with Crippen molar-refractivity contribution in [1.29, 1.82) is 0 Å². The standard InChI is InChI=1S/C11H16N2O3/c1-8(7-15-2)13-9-4-5-12-10(6-9)11(14)16-3/h4-6,8H,7H2,1-3H3,(H,12,13). The van der Waals surface area contributed by atoms with Gasteiger partial charge in [0, 0.05) is 25.0 Å². The van der Waals surface area contributed by atoms with E-state index < -0.39 is 5.97 Å². The summed E-state index contributed by atoms with van der Waals surface area (Å²) in [6.07, 6.45) is 1.56. The summed E-state index contributed by atoms with van der Waals surface area (Å²) in [6.45, 7) is 2.58. The Kier molecular flexibility index (Phi) is 4.72. The zero-order valence-corrected chi connectivity index (χ0v) is 9.69. The lowest BCUT2D eigenvalue weighted by Crippen LogP contribution is -2.21. The summed E-state index contributed by atoms with van der Waals surface area (Å²) in [4.78, 5) is 15.2. The first-order valence-electron chi connectivity index (χ1n) is 4.97. The fourth-order valence-electron chi connectivity index (χ4n) is 1.31. The van der Waals surface area contributed by atoms with Crippen LogP contribution in [0.2, 0.25) is 0 Å². The Hall–Kier alpha value is -1.62. The van der Waals surface area contributed by atoms with Crippen LogP contribution in [0.15, 0.2) is 18.3 Å². The van der Waals surface area contributed by atoms with Gasteiger partial charge in [0.2, 0.25) is 0 Å². The highest BCUT2D eigenvalue weighted by molar-refractivity contribution is 5.88. The summed E-state index contributed by atoms with van der Waals surface area (Å²) in [6, 6.07) is 3.61. The maximum atomic E-state index is 11.2. The average molecular weight is 224 g/mol. The van der Waals surface area contributed by atoms with Crippen LogP contribution in [0.3, 0.4) is 0 Å². The van der Waals surface area contributed by atoms with Gasteiger partial charge in [0.25, 0.3) is 0 Å². The number of ether oxygens (including phenoxy) is 2. The minimum Gasteiger partial charge on any atom is -0.464 e. The first-order chi connectivity index (χ1) is 7.67. The van der Waals surface area contributed by atoms with Crippen molar-refractivity contribution >= 4 is 11.7 Å². The van der Waals surface area contributed by atoms with E-state index in [1.807, 2.05) is 6.92 Å². The van der Waals surface area contributed by atoms with Gasteiger partial charge in [-0.1, -0.05) is 0 Å². The van der Waals surface area contributed by atoms with Gasteiger partial charge in [0.05, 0.1) is 13.7 Å². The number of aromatic nitrogens is 1. The van der Waals surface area contributed by atoms with E-state index in [1.165, 1.54) is 7.11 Å². The molecule has 0 aromatic carbocycles. The largest absolute Gasteiger partial charge is 0.464 e. The number of nitrogens with one attached hydrogen (secondary N) is 1. The second kappa shape index (κ2) is 6.07. The van der Waals surface area contributed by atoms with Crippen LogP contribution < -0.4 is 5.32 Å². The number of rotatable bonds is 5. The van der Waals surface area contributed by atoms with Gasteiger partial charge < -0.3 is 14.8 Å². The number of carbonyl (C=O) groups excluding carboxylic acids is 1. The first-order valence-corrected chi connectivity index (χ1v) is 4.97. The molecule has 0 saturated heterocycles. The monoisotopic (exact) mass is 224 g/mol. The normalized spacial score (nSPS) is 11.9. The van der Waals surface area contributed by atoms with Crippen molar-refractivity contribution < 1.29 is 14.3 Å². The van der Waals surface area contributed by atoms with E-state index in [-0.39, 0.29) is 11.7 Å². The molecule has 0 aliphatic heterocycles. The molecule has 0 amide bonds. The van der Waals surface area contributed by atoms with Crippen molar-refractivity contribution in [3.8, 4) is 0 Å².